The number of rotatable bonds is 0. The van der Waals surface area contributed by atoms with Gasteiger partial charge in [-0.15, -0.1) is 0 Å². The van der Waals surface area contributed by atoms with Crippen LogP contribution in [0.25, 0.3) is 0 Å². The van der Waals surface area contributed by atoms with Crippen molar-refractivity contribution in [1.82, 2.24) is 4.90 Å². The monoisotopic (exact) mass is 167 g/mol. The van der Waals surface area contributed by atoms with E-state index in [-0.39, 0.29) is 0 Å². The maximum absolute atomic E-state index is 4.09. The van der Waals surface area contributed by atoms with Gasteiger partial charge >= 0.3 is 0 Å². The van der Waals surface area contributed by atoms with Crippen molar-refractivity contribution in [3.63, 3.8) is 0 Å². The molecule has 12 heavy (non-hydrogen) atoms. The first kappa shape index (κ1) is 9.79. The second-order valence-electron chi connectivity index (χ2n) is 3.97. The van der Waals surface area contributed by atoms with Crippen molar-refractivity contribution in [2.45, 2.75) is 38.5 Å². The standard InChI is InChI=1S/C11H21N/c1-11-7-4-3-5-9-12(2)10-6-8-11/h1,3-10H2,2H3. The van der Waals surface area contributed by atoms with Crippen LogP contribution in [0.2, 0.25) is 0 Å². The average Bonchev–Trinajstić information content (AvgIpc) is 2.04. The third-order valence-electron chi connectivity index (χ3n) is 2.64. The molecule has 0 bridgehead atoms. The van der Waals surface area contributed by atoms with Gasteiger partial charge in [-0.3, -0.25) is 0 Å². The molecule has 0 amide bonds. The lowest BCUT2D eigenvalue weighted by Gasteiger charge is -2.18. The van der Waals surface area contributed by atoms with E-state index in [9.17, 15) is 0 Å². The number of hydrogen-bond donors (Lipinski definition) is 0. The molecule has 1 saturated heterocycles. The molecule has 0 aromatic rings. The molecule has 1 aliphatic heterocycles. The molecule has 0 aromatic heterocycles. The lowest BCUT2D eigenvalue weighted by atomic mass is 10.0. The fourth-order valence-electron chi connectivity index (χ4n) is 1.77. The zero-order valence-electron chi connectivity index (χ0n) is 8.31. The first-order chi connectivity index (χ1) is 5.79. The smallest absolute Gasteiger partial charge is 0.00187 e. The highest BCUT2D eigenvalue weighted by Crippen LogP contribution is 2.14. The van der Waals surface area contributed by atoms with Gasteiger partial charge in [0.15, 0.2) is 0 Å². The van der Waals surface area contributed by atoms with Gasteiger partial charge < -0.3 is 4.90 Å². The molecule has 0 saturated carbocycles. The van der Waals surface area contributed by atoms with Gasteiger partial charge in [0.25, 0.3) is 0 Å². The van der Waals surface area contributed by atoms with E-state index in [2.05, 4.69) is 18.5 Å². The lowest BCUT2D eigenvalue weighted by molar-refractivity contribution is 0.315. The fraction of sp³-hybridized carbons (Fsp3) is 0.818. The van der Waals surface area contributed by atoms with Gasteiger partial charge in [-0.05, 0) is 52.2 Å². The molecular formula is C11H21N. The minimum Gasteiger partial charge on any atom is -0.306 e. The normalized spacial score (nSPS) is 23.9. The van der Waals surface area contributed by atoms with Crippen LogP contribution in [0.3, 0.4) is 0 Å². The molecule has 0 atom stereocenters. The van der Waals surface area contributed by atoms with Crippen LogP contribution < -0.4 is 0 Å². The summed E-state index contributed by atoms with van der Waals surface area (Å²) >= 11 is 0. The molecule has 0 unspecified atom stereocenters. The lowest BCUT2D eigenvalue weighted by Crippen LogP contribution is -2.21. The Balaban J connectivity index is 2.26. The Morgan fingerprint density at radius 3 is 2.50 bits per heavy atom. The molecule has 70 valence electrons. The Hall–Kier alpha value is -0.300. The van der Waals surface area contributed by atoms with Crippen LogP contribution in [0, 0.1) is 0 Å². The van der Waals surface area contributed by atoms with Crippen LogP contribution in [0.5, 0.6) is 0 Å². The van der Waals surface area contributed by atoms with E-state index in [4.69, 9.17) is 0 Å². The van der Waals surface area contributed by atoms with E-state index in [1.807, 2.05) is 0 Å². The maximum atomic E-state index is 4.09. The molecule has 0 spiro atoms. The van der Waals surface area contributed by atoms with E-state index < -0.39 is 0 Å². The zero-order chi connectivity index (χ0) is 8.81. The molecule has 0 aliphatic carbocycles. The minimum absolute atomic E-state index is 1.24. The van der Waals surface area contributed by atoms with Crippen LogP contribution in [0.1, 0.15) is 38.5 Å². The van der Waals surface area contributed by atoms with Crippen LogP contribution in [0.15, 0.2) is 12.2 Å². The molecule has 0 aromatic carbocycles. The highest BCUT2D eigenvalue weighted by Gasteiger charge is 2.02. The summed E-state index contributed by atoms with van der Waals surface area (Å²) in [5.74, 6) is 0. The van der Waals surface area contributed by atoms with Crippen LogP contribution in [0.4, 0.5) is 0 Å². The molecule has 1 heterocycles. The van der Waals surface area contributed by atoms with Crippen LogP contribution in [-0.4, -0.2) is 25.0 Å². The van der Waals surface area contributed by atoms with Crippen molar-refractivity contribution in [2.75, 3.05) is 20.1 Å². The molecule has 0 N–H and O–H groups in total. The van der Waals surface area contributed by atoms with E-state index in [0.29, 0.717) is 0 Å². The second-order valence-corrected chi connectivity index (χ2v) is 3.97. The van der Waals surface area contributed by atoms with Gasteiger partial charge in [0.1, 0.15) is 0 Å². The van der Waals surface area contributed by atoms with Crippen molar-refractivity contribution in [2.24, 2.45) is 0 Å². The Kier molecular flexibility index (Phi) is 4.37. The summed E-state index contributed by atoms with van der Waals surface area (Å²) in [6.07, 6.45) is 7.91. The summed E-state index contributed by atoms with van der Waals surface area (Å²) in [7, 11) is 2.23. The summed E-state index contributed by atoms with van der Waals surface area (Å²) in [6.45, 7) is 6.63. The van der Waals surface area contributed by atoms with Gasteiger partial charge in [-0.1, -0.05) is 18.6 Å². The van der Waals surface area contributed by atoms with Gasteiger partial charge in [0.05, 0.1) is 0 Å². The third-order valence-corrected chi connectivity index (χ3v) is 2.64. The zero-order valence-corrected chi connectivity index (χ0v) is 8.31. The van der Waals surface area contributed by atoms with E-state index >= 15 is 0 Å². The SMILES string of the molecule is C=C1CCCCCN(C)CCC1. The predicted octanol–water partition coefficient (Wildman–Crippen LogP) is 2.83. The summed E-state index contributed by atoms with van der Waals surface area (Å²) in [4.78, 5) is 2.44. The average molecular weight is 167 g/mol. The summed E-state index contributed by atoms with van der Waals surface area (Å²) in [5, 5.41) is 0. The number of hydrogen-bond acceptors (Lipinski definition) is 1. The van der Waals surface area contributed by atoms with E-state index in [1.54, 1.807) is 0 Å². The maximum Gasteiger partial charge on any atom is -0.00187 e. The number of allylic oxidation sites excluding steroid dienone is 1. The molecule has 0 radical (unpaired) electrons. The third kappa shape index (κ3) is 3.91. The Labute approximate surface area is 76.5 Å². The topological polar surface area (TPSA) is 3.24 Å². The van der Waals surface area contributed by atoms with E-state index in [1.165, 1.54) is 57.2 Å². The van der Waals surface area contributed by atoms with Gasteiger partial charge in [-0.2, -0.15) is 0 Å². The van der Waals surface area contributed by atoms with Gasteiger partial charge in [0.2, 0.25) is 0 Å². The largest absolute Gasteiger partial charge is 0.306 e. The Morgan fingerprint density at radius 1 is 1.00 bits per heavy atom. The fourth-order valence-corrected chi connectivity index (χ4v) is 1.77. The van der Waals surface area contributed by atoms with Crippen molar-refractivity contribution >= 4 is 0 Å². The molecule has 1 nitrogen and oxygen atoms in total. The van der Waals surface area contributed by atoms with Gasteiger partial charge in [0, 0.05) is 0 Å². The van der Waals surface area contributed by atoms with Crippen molar-refractivity contribution in [1.29, 1.82) is 0 Å². The highest BCUT2D eigenvalue weighted by molar-refractivity contribution is 4.93. The van der Waals surface area contributed by atoms with Crippen LogP contribution >= 0.6 is 0 Å². The van der Waals surface area contributed by atoms with Crippen molar-refractivity contribution in [3.8, 4) is 0 Å². The predicted molar refractivity (Wildman–Crippen MR) is 54.3 cm³/mol. The Bertz CT molecular complexity index is 140. The molecule has 1 heteroatoms. The van der Waals surface area contributed by atoms with E-state index in [0.717, 1.165) is 0 Å². The van der Waals surface area contributed by atoms with Gasteiger partial charge in [-0.25, -0.2) is 0 Å². The minimum atomic E-state index is 1.24. The summed E-state index contributed by atoms with van der Waals surface area (Å²) < 4.78 is 0. The highest BCUT2D eigenvalue weighted by atomic mass is 15.1. The molecule has 1 aliphatic rings. The summed E-state index contributed by atoms with van der Waals surface area (Å²) in [6, 6.07) is 0. The van der Waals surface area contributed by atoms with Crippen molar-refractivity contribution in [3.05, 3.63) is 12.2 Å². The molecule has 1 fully saturated rings. The first-order valence-electron chi connectivity index (χ1n) is 5.14. The first-order valence-corrected chi connectivity index (χ1v) is 5.14. The summed E-state index contributed by atoms with van der Waals surface area (Å²) in [5.41, 5.74) is 1.46. The quantitative estimate of drug-likeness (QED) is 0.501. The number of nitrogens with zero attached hydrogens (tertiary/aromatic N) is 1. The molecular weight excluding hydrogens is 146 g/mol. The second kappa shape index (κ2) is 5.36. The molecule has 1 rings (SSSR count). The van der Waals surface area contributed by atoms with Crippen LogP contribution in [-0.2, 0) is 0 Å². The Morgan fingerprint density at radius 2 is 1.67 bits per heavy atom. The van der Waals surface area contributed by atoms with Crippen molar-refractivity contribution < 1.29 is 0 Å².